The molecule has 0 aliphatic carbocycles. The minimum Gasteiger partial charge on any atom is -0.454 e. The molecule has 0 atom stereocenters. The molecule has 2 aromatic carbocycles. The first kappa shape index (κ1) is 20.0. The number of rotatable bonds is 7. The SMILES string of the molecule is O=C(c1ccccc1Cl)N(CCCN1CCOCC1)Cc1ccc2c(c1)OCO2. The third-order valence-electron chi connectivity index (χ3n) is 5.21. The van der Waals surface area contributed by atoms with E-state index in [0.29, 0.717) is 23.7 Å². The minimum absolute atomic E-state index is 0.0600. The fraction of sp³-hybridized carbons (Fsp3) is 0.409. The highest BCUT2D eigenvalue weighted by atomic mass is 35.5. The monoisotopic (exact) mass is 416 g/mol. The smallest absolute Gasteiger partial charge is 0.255 e. The summed E-state index contributed by atoms with van der Waals surface area (Å²) in [5.74, 6) is 1.40. The van der Waals surface area contributed by atoms with Crippen molar-refractivity contribution in [1.82, 2.24) is 9.80 Å². The van der Waals surface area contributed by atoms with Crippen molar-refractivity contribution >= 4 is 17.5 Å². The van der Waals surface area contributed by atoms with Crippen molar-refractivity contribution in [3.8, 4) is 11.5 Å². The molecule has 6 nitrogen and oxygen atoms in total. The van der Waals surface area contributed by atoms with Gasteiger partial charge in [-0.05, 0) is 36.2 Å². The molecule has 1 amide bonds. The number of carbonyl (C=O) groups is 1. The number of carbonyl (C=O) groups excluding carboxylic acids is 1. The lowest BCUT2D eigenvalue weighted by Gasteiger charge is -2.28. The first-order valence-corrected chi connectivity index (χ1v) is 10.3. The first-order valence-electron chi connectivity index (χ1n) is 9.93. The van der Waals surface area contributed by atoms with Gasteiger partial charge in [0.05, 0.1) is 23.8 Å². The van der Waals surface area contributed by atoms with Crippen LogP contribution in [0.3, 0.4) is 0 Å². The first-order chi connectivity index (χ1) is 14.2. The Morgan fingerprint density at radius 3 is 2.69 bits per heavy atom. The number of hydrogen-bond acceptors (Lipinski definition) is 5. The lowest BCUT2D eigenvalue weighted by atomic mass is 10.1. The van der Waals surface area contributed by atoms with E-state index >= 15 is 0 Å². The van der Waals surface area contributed by atoms with Gasteiger partial charge < -0.3 is 19.1 Å². The second kappa shape index (κ2) is 9.48. The van der Waals surface area contributed by atoms with Crippen molar-refractivity contribution in [3.05, 3.63) is 58.6 Å². The van der Waals surface area contributed by atoms with Crippen molar-refractivity contribution in [2.24, 2.45) is 0 Å². The van der Waals surface area contributed by atoms with Crippen LogP contribution in [0.1, 0.15) is 22.3 Å². The van der Waals surface area contributed by atoms with Gasteiger partial charge in [-0.15, -0.1) is 0 Å². The van der Waals surface area contributed by atoms with Gasteiger partial charge in [-0.1, -0.05) is 29.8 Å². The molecule has 1 saturated heterocycles. The predicted octanol–water partition coefficient (Wildman–Crippen LogP) is 3.43. The van der Waals surface area contributed by atoms with E-state index in [1.54, 1.807) is 12.1 Å². The maximum Gasteiger partial charge on any atom is 0.255 e. The Morgan fingerprint density at radius 2 is 1.86 bits per heavy atom. The van der Waals surface area contributed by atoms with E-state index in [1.807, 2.05) is 35.2 Å². The standard InChI is InChI=1S/C22H25ClN2O4/c23-19-5-2-1-4-18(19)22(26)25(9-3-8-24-10-12-27-13-11-24)15-17-6-7-20-21(14-17)29-16-28-20/h1-2,4-7,14H,3,8-13,15-16H2. The maximum absolute atomic E-state index is 13.2. The van der Waals surface area contributed by atoms with E-state index in [1.165, 1.54) is 0 Å². The van der Waals surface area contributed by atoms with Gasteiger partial charge in [0.15, 0.2) is 11.5 Å². The molecule has 7 heteroatoms. The summed E-state index contributed by atoms with van der Waals surface area (Å²) in [6.45, 7) is 5.76. The molecule has 0 radical (unpaired) electrons. The lowest BCUT2D eigenvalue weighted by Crippen LogP contribution is -2.39. The van der Waals surface area contributed by atoms with Crippen LogP contribution in [-0.2, 0) is 11.3 Å². The molecule has 29 heavy (non-hydrogen) atoms. The number of halogens is 1. The molecule has 0 N–H and O–H groups in total. The summed E-state index contributed by atoms with van der Waals surface area (Å²) in [7, 11) is 0. The molecular formula is C22H25ClN2O4. The molecule has 2 aliphatic heterocycles. The fourth-order valence-electron chi connectivity index (χ4n) is 3.63. The summed E-state index contributed by atoms with van der Waals surface area (Å²) in [6, 6.07) is 13.0. The molecular weight excluding hydrogens is 392 g/mol. The van der Waals surface area contributed by atoms with E-state index in [9.17, 15) is 4.79 Å². The topological polar surface area (TPSA) is 51.2 Å². The van der Waals surface area contributed by atoms with E-state index in [2.05, 4.69) is 4.90 Å². The van der Waals surface area contributed by atoms with Crippen molar-refractivity contribution in [2.45, 2.75) is 13.0 Å². The molecule has 0 unspecified atom stereocenters. The second-order valence-corrected chi connectivity index (χ2v) is 7.61. The molecule has 0 spiro atoms. The Labute approximate surface area is 175 Å². The van der Waals surface area contributed by atoms with Gasteiger partial charge in [0.25, 0.3) is 5.91 Å². The van der Waals surface area contributed by atoms with Gasteiger partial charge in [-0.3, -0.25) is 9.69 Å². The number of hydrogen-bond donors (Lipinski definition) is 0. The van der Waals surface area contributed by atoms with E-state index in [-0.39, 0.29) is 12.7 Å². The molecule has 2 heterocycles. The average Bonchev–Trinajstić information content (AvgIpc) is 3.21. The zero-order chi connectivity index (χ0) is 20.1. The highest BCUT2D eigenvalue weighted by Crippen LogP contribution is 2.33. The summed E-state index contributed by atoms with van der Waals surface area (Å²) in [4.78, 5) is 17.5. The Hall–Kier alpha value is -2.28. The second-order valence-electron chi connectivity index (χ2n) is 7.20. The number of fused-ring (bicyclic) bond motifs is 1. The van der Waals surface area contributed by atoms with Gasteiger partial charge in [0.1, 0.15) is 0 Å². The Morgan fingerprint density at radius 1 is 1.07 bits per heavy atom. The lowest BCUT2D eigenvalue weighted by molar-refractivity contribution is 0.0355. The van der Waals surface area contributed by atoms with Gasteiger partial charge >= 0.3 is 0 Å². The highest BCUT2D eigenvalue weighted by Gasteiger charge is 2.21. The van der Waals surface area contributed by atoms with Gasteiger partial charge in [0.2, 0.25) is 6.79 Å². The van der Waals surface area contributed by atoms with Gasteiger partial charge in [-0.2, -0.15) is 0 Å². The fourth-order valence-corrected chi connectivity index (χ4v) is 3.84. The van der Waals surface area contributed by atoms with Crippen molar-refractivity contribution in [3.63, 3.8) is 0 Å². The summed E-state index contributed by atoms with van der Waals surface area (Å²) in [5, 5.41) is 0.473. The van der Waals surface area contributed by atoms with Gasteiger partial charge in [-0.25, -0.2) is 0 Å². The van der Waals surface area contributed by atoms with Crippen LogP contribution in [0.5, 0.6) is 11.5 Å². The van der Waals surface area contributed by atoms with E-state index in [0.717, 1.165) is 56.3 Å². The maximum atomic E-state index is 13.2. The van der Waals surface area contributed by atoms with Gasteiger partial charge in [0, 0.05) is 32.7 Å². The number of nitrogens with zero attached hydrogens (tertiary/aromatic N) is 2. The van der Waals surface area contributed by atoms with Crippen LogP contribution in [0.15, 0.2) is 42.5 Å². The number of benzene rings is 2. The third kappa shape index (κ3) is 5.01. The molecule has 0 aromatic heterocycles. The average molecular weight is 417 g/mol. The van der Waals surface area contributed by atoms with Crippen LogP contribution in [-0.4, -0.2) is 61.9 Å². The van der Waals surface area contributed by atoms with E-state index < -0.39 is 0 Å². The molecule has 0 bridgehead atoms. The normalized spacial score (nSPS) is 16.0. The molecule has 154 valence electrons. The van der Waals surface area contributed by atoms with Crippen molar-refractivity contribution < 1.29 is 19.0 Å². The van der Waals surface area contributed by atoms with Crippen LogP contribution in [0, 0.1) is 0 Å². The van der Waals surface area contributed by atoms with Crippen molar-refractivity contribution in [2.75, 3.05) is 46.2 Å². The Balaban J connectivity index is 1.46. The predicted molar refractivity (Wildman–Crippen MR) is 111 cm³/mol. The van der Waals surface area contributed by atoms with Crippen LogP contribution in [0.4, 0.5) is 0 Å². The Kier molecular flexibility index (Phi) is 6.54. The van der Waals surface area contributed by atoms with Crippen LogP contribution in [0.25, 0.3) is 0 Å². The zero-order valence-electron chi connectivity index (χ0n) is 16.3. The zero-order valence-corrected chi connectivity index (χ0v) is 17.1. The number of ether oxygens (including phenoxy) is 3. The quantitative estimate of drug-likeness (QED) is 0.692. The van der Waals surface area contributed by atoms with Crippen LogP contribution < -0.4 is 9.47 Å². The van der Waals surface area contributed by atoms with Crippen LogP contribution >= 0.6 is 11.6 Å². The molecule has 4 rings (SSSR count). The van der Waals surface area contributed by atoms with E-state index in [4.69, 9.17) is 25.8 Å². The molecule has 2 aromatic rings. The summed E-state index contributed by atoms with van der Waals surface area (Å²) in [5.41, 5.74) is 1.53. The summed E-state index contributed by atoms with van der Waals surface area (Å²) in [6.07, 6.45) is 0.890. The summed E-state index contributed by atoms with van der Waals surface area (Å²) < 4.78 is 16.3. The molecule has 1 fully saturated rings. The third-order valence-corrected chi connectivity index (χ3v) is 5.54. The molecule has 2 aliphatic rings. The van der Waals surface area contributed by atoms with Crippen molar-refractivity contribution in [1.29, 1.82) is 0 Å². The highest BCUT2D eigenvalue weighted by molar-refractivity contribution is 6.33. The minimum atomic E-state index is -0.0600. The largest absolute Gasteiger partial charge is 0.454 e. The number of amides is 1. The van der Waals surface area contributed by atoms with Crippen LogP contribution in [0.2, 0.25) is 5.02 Å². The molecule has 0 saturated carbocycles. The number of morpholine rings is 1. The Bertz CT molecular complexity index is 854. The summed E-state index contributed by atoms with van der Waals surface area (Å²) >= 11 is 6.29.